The molecular weight excluding hydrogens is 468 g/mol. The lowest BCUT2D eigenvalue weighted by molar-refractivity contribution is -0.122. The molecule has 11 nitrogen and oxygen atoms in total. The molecular formula is C25H24N4O7. The van der Waals surface area contributed by atoms with Gasteiger partial charge in [-0.1, -0.05) is 12.1 Å². The minimum Gasteiger partial charge on any atom is -0.508 e. The molecule has 0 saturated carbocycles. The molecule has 2 aliphatic carbocycles. The predicted molar refractivity (Wildman–Crippen MR) is 127 cm³/mol. The van der Waals surface area contributed by atoms with E-state index >= 15 is 0 Å². The van der Waals surface area contributed by atoms with E-state index in [2.05, 4.69) is 10.5 Å². The molecule has 0 bridgehead atoms. The Hall–Kier alpha value is -4.27. The zero-order valence-electron chi connectivity index (χ0n) is 19.7. The summed E-state index contributed by atoms with van der Waals surface area (Å²) in [7, 11) is 0. The van der Waals surface area contributed by atoms with Gasteiger partial charge in [0.05, 0.1) is 34.3 Å². The lowest BCUT2D eigenvalue weighted by atomic mass is 9.61. The molecule has 0 saturated heterocycles. The predicted octanol–water partition coefficient (Wildman–Crippen LogP) is 1.08. The highest BCUT2D eigenvalue weighted by Gasteiger charge is 2.60. The summed E-state index contributed by atoms with van der Waals surface area (Å²) >= 11 is 0. The molecule has 2 aliphatic rings. The number of benzene rings is 2. The maximum Gasteiger partial charge on any atom is 0.254 e. The molecule has 0 spiro atoms. The zero-order chi connectivity index (χ0) is 26.7. The number of nitriles is 1. The first kappa shape index (κ1) is 24.8. The number of nitrogens with zero attached hydrogens (tertiary/aromatic N) is 2. The first-order valence-electron chi connectivity index (χ1n) is 11.1. The number of aliphatic hydroxyl groups is 2. The number of hydrogen-bond acceptors (Lipinski definition) is 10. The number of carbonyl (C=O) groups is 3. The van der Waals surface area contributed by atoms with Crippen molar-refractivity contribution in [2.24, 2.45) is 16.8 Å². The van der Waals surface area contributed by atoms with Crippen LogP contribution < -0.4 is 11.2 Å². The average molecular weight is 492 g/mol. The maximum absolute atomic E-state index is 13.8. The molecule has 1 amide bonds. The van der Waals surface area contributed by atoms with Gasteiger partial charge in [-0.2, -0.15) is 10.4 Å². The molecule has 7 N–H and O–H groups in total. The zero-order valence-corrected chi connectivity index (χ0v) is 19.7. The Balaban J connectivity index is 1.95. The van der Waals surface area contributed by atoms with E-state index in [0.717, 1.165) is 0 Å². The normalized spacial score (nSPS) is 23.8. The lowest BCUT2D eigenvalue weighted by Gasteiger charge is -2.45. The molecule has 186 valence electrons. The first-order valence-corrected chi connectivity index (χ1v) is 11.1. The van der Waals surface area contributed by atoms with Crippen molar-refractivity contribution in [2.45, 2.75) is 45.3 Å². The van der Waals surface area contributed by atoms with Gasteiger partial charge in [0.2, 0.25) is 5.78 Å². The Kier molecular flexibility index (Phi) is 5.82. The molecule has 0 aromatic heterocycles. The number of Topliss-reactive ketones (excluding diaryl/α,β-unsaturated/α-hetero) is 2. The van der Waals surface area contributed by atoms with Crippen LogP contribution in [-0.4, -0.2) is 55.3 Å². The van der Waals surface area contributed by atoms with E-state index in [9.17, 15) is 34.8 Å². The number of aryl methyl sites for hydroxylation is 2. The second kappa shape index (κ2) is 8.44. The standard InChI is InChI=1S/C25H24N4O7/c1-9-4-5-12-10(2)13-8-14-19(27)22(33)16(11(3)28-29-15(30)6-7-26)23(34)25(14,36)24(35)18(13)21(32)17(12)20(9)31/h4-5,14,19,31-32,34,36H,6,8,27H2,1-3H3,(H,29,30)/b28-11+/t14-,19+,25+/m0/s1. The Morgan fingerprint density at radius 3 is 2.56 bits per heavy atom. The smallest absolute Gasteiger partial charge is 0.254 e. The Bertz CT molecular complexity index is 1480. The number of rotatable bonds is 3. The molecule has 2 aromatic carbocycles. The Labute approximate surface area is 205 Å². The minimum atomic E-state index is -2.68. The van der Waals surface area contributed by atoms with Crippen LogP contribution in [0.15, 0.2) is 28.6 Å². The second-order valence-electron chi connectivity index (χ2n) is 9.07. The number of nitrogens with two attached hydrogens (primary N) is 1. The summed E-state index contributed by atoms with van der Waals surface area (Å²) in [4.78, 5) is 38.5. The molecule has 0 heterocycles. The van der Waals surface area contributed by atoms with Gasteiger partial charge in [0.1, 0.15) is 23.7 Å². The molecule has 36 heavy (non-hydrogen) atoms. The molecule has 11 heteroatoms. The van der Waals surface area contributed by atoms with Crippen molar-refractivity contribution in [2.75, 3.05) is 0 Å². The number of aromatic hydroxyl groups is 2. The Morgan fingerprint density at radius 1 is 1.25 bits per heavy atom. The fraction of sp³-hybridized carbons (Fsp3) is 0.320. The average Bonchev–Trinajstić information content (AvgIpc) is 2.83. The highest BCUT2D eigenvalue weighted by atomic mass is 16.3. The van der Waals surface area contributed by atoms with E-state index in [1.165, 1.54) is 6.92 Å². The summed E-state index contributed by atoms with van der Waals surface area (Å²) < 4.78 is 0. The third-order valence-electron chi connectivity index (χ3n) is 7.08. The van der Waals surface area contributed by atoms with Gasteiger partial charge in [-0.15, -0.1) is 0 Å². The largest absolute Gasteiger partial charge is 0.508 e. The van der Waals surface area contributed by atoms with Crippen LogP contribution in [0.25, 0.3) is 10.8 Å². The minimum absolute atomic E-state index is 0.0273. The third-order valence-corrected chi connectivity index (χ3v) is 7.08. The number of carbonyl (C=O) groups excluding carboxylic acids is 3. The summed E-state index contributed by atoms with van der Waals surface area (Å²) in [5.74, 6) is -5.71. The van der Waals surface area contributed by atoms with Gasteiger partial charge < -0.3 is 26.2 Å². The van der Waals surface area contributed by atoms with Gasteiger partial charge in [-0.05, 0) is 49.3 Å². The van der Waals surface area contributed by atoms with Crippen LogP contribution in [0.5, 0.6) is 11.5 Å². The van der Waals surface area contributed by atoms with Crippen LogP contribution in [0.2, 0.25) is 0 Å². The van der Waals surface area contributed by atoms with E-state index in [1.807, 2.05) is 0 Å². The summed E-state index contributed by atoms with van der Waals surface area (Å²) in [5.41, 5.74) is 5.83. The van der Waals surface area contributed by atoms with Crippen molar-refractivity contribution >= 4 is 34.0 Å². The summed E-state index contributed by atoms with van der Waals surface area (Å²) in [6.07, 6.45) is -0.629. The van der Waals surface area contributed by atoms with Crippen LogP contribution in [0.4, 0.5) is 0 Å². The number of nitrogens with one attached hydrogen (secondary N) is 1. The van der Waals surface area contributed by atoms with Crippen molar-refractivity contribution in [3.05, 3.63) is 45.7 Å². The maximum atomic E-state index is 13.8. The van der Waals surface area contributed by atoms with E-state index < -0.39 is 58.5 Å². The number of phenolic OH excluding ortho intramolecular Hbond substituents is 2. The number of fused-ring (bicyclic) bond motifs is 3. The summed E-state index contributed by atoms with van der Waals surface area (Å²) in [6, 6.07) is 3.54. The molecule has 4 rings (SSSR count). The number of hydrogen-bond donors (Lipinski definition) is 6. The summed E-state index contributed by atoms with van der Waals surface area (Å²) in [5, 5.41) is 57.2. The highest BCUT2D eigenvalue weighted by Crippen LogP contribution is 2.50. The second-order valence-corrected chi connectivity index (χ2v) is 9.07. The first-order chi connectivity index (χ1) is 16.9. The molecule has 0 aliphatic heterocycles. The monoisotopic (exact) mass is 492 g/mol. The van der Waals surface area contributed by atoms with Crippen LogP contribution in [0.3, 0.4) is 0 Å². The van der Waals surface area contributed by atoms with Crippen LogP contribution in [-0.2, 0) is 16.0 Å². The highest BCUT2D eigenvalue weighted by molar-refractivity contribution is 6.27. The number of aliphatic hydroxyl groups excluding tert-OH is 1. The number of phenols is 2. The number of ketones is 2. The molecule has 2 aromatic rings. The van der Waals surface area contributed by atoms with Crippen LogP contribution in [0.1, 0.15) is 40.4 Å². The van der Waals surface area contributed by atoms with Crippen molar-refractivity contribution in [3.63, 3.8) is 0 Å². The van der Waals surface area contributed by atoms with Crippen molar-refractivity contribution in [1.82, 2.24) is 5.43 Å². The topological polar surface area (TPSA) is 206 Å². The SMILES string of the molecule is C/C(=N\NC(=O)CC#N)C1=C(O)[C@@]2(O)C(=O)c3c(c(C)c4ccc(C)c(O)c4c3O)C[C@H]2[C@@H](N)C1=O. The van der Waals surface area contributed by atoms with Gasteiger partial charge in [0.25, 0.3) is 5.91 Å². The molecule has 3 atom stereocenters. The van der Waals surface area contributed by atoms with Crippen molar-refractivity contribution in [1.29, 1.82) is 5.26 Å². The van der Waals surface area contributed by atoms with E-state index in [4.69, 9.17) is 11.0 Å². The number of amides is 1. The number of hydrazone groups is 1. The van der Waals surface area contributed by atoms with Gasteiger partial charge in [-0.3, -0.25) is 14.4 Å². The molecule has 0 fully saturated rings. The van der Waals surface area contributed by atoms with Crippen molar-refractivity contribution < 1.29 is 34.8 Å². The van der Waals surface area contributed by atoms with Gasteiger partial charge in [0.15, 0.2) is 11.4 Å². The molecule has 0 radical (unpaired) electrons. The van der Waals surface area contributed by atoms with E-state index in [-0.39, 0.29) is 28.8 Å². The molecule has 0 unspecified atom stereocenters. The van der Waals surface area contributed by atoms with Gasteiger partial charge in [-0.25, -0.2) is 5.43 Å². The van der Waals surface area contributed by atoms with Crippen LogP contribution >= 0.6 is 0 Å². The fourth-order valence-corrected chi connectivity index (χ4v) is 5.08. The quantitative estimate of drug-likeness (QED) is 0.267. The van der Waals surface area contributed by atoms with E-state index in [0.29, 0.717) is 22.1 Å². The lowest BCUT2D eigenvalue weighted by Crippen LogP contribution is -2.63. The van der Waals surface area contributed by atoms with Crippen molar-refractivity contribution in [3.8, 4) is 17.6 Å². The van der Waals surface area contributed by atoms with E-state index in [1.54, 1.807) is 32.0 Å². The van der Waals surface area contributed by atoms with Crippen LogP contribution in [0, 0.1) is 31.1 Å². The Morgan fingerprint density at radius 2 is 1.92 bits per heavy atom. The van der Waals surface area contributed by atoms with Gasteiger partial charge >= 0.3 is 0 Å². The third kappa shape index (κ3) is 3.26. The summed E-state index contributed by atoms with van der Waals surface area (Å²) in [6.45, 7) is 4.56. The fourth-order valence-electron chi connectivity index (χ4n) is 5.08. The van der Waals surface area contributed by atoms with Gasteiger partial charge in [0, 0.05) is 5.92 Å².